The predicted octanol–water partition coefficient (Wildman–Crippen LogP) is 0.353. The van der Waals surface area contributed by atoms with Crippen LogP contribution < -0.4 is 11.1 Å². The zero-order valence-electron chi connectivity index (χ0n) is 12.3. The molecule has 1 amide bonds. The van der Waals surface area contributed by atoms with Crippen LogP contribution >= 0.6 is 0 Å². The van der Waals surface area contributed by atoms with Gasteiger partial charge in [-0.2, -0.15) is 4.31 Å². The Morgan fingerprint density at radius 2 is 2.10 bits per heavy atom. The quantitative estimate of drug-likeness (QED) is 0.793. The van der Waals surface area contributed by atoms with Crippen molar-refractivity contribution in [3.8, 4) is 0 Å². The number of hydrogen-bond acceptors (Lipinski definition) is 4. The normalized spacial score (nSPS) is 15.2. The number of rotatable bonds is 6. The maximum Gasteiger partial charge on any atom is 0.243 e. The molecule has 0 aromatic heterocycles. The van der Waals surface area contributed by atoms with Crippen molar-refractivity contribution in [2.45, 2.75) is 37.2 Å². The largest absolute Gasteiger partial charge is 0.352 e. The number of nitrogens with two attached hydrogens (primary N) is 1. The Balaban J connectivity index is 2.17. The first kappa shape index (κ1) is 15.9. The number of hydrogen-bond donors (Lipinski definition) is 2. The minimum atomic E-state index is -3.70. The van der Waals surface area contributed by atoms with Crippen LogP contribution in [0.3, 0.4) is 0 Å². The van der Waals surface area contributed by atoms with Crippen molar-refractivity contribution >= 4 is 15.9 Å². The van der Waals surface area contributed by atoms with E-state index >= 15 is 0 Å². The average Bonchev–Trinajstić information content (AvgIpc) is 3.22. The Labute approximate surface area is 125 Å². The van der Waals surface area contributed by atoms with Gasteiger partial charge < -0.3 is 11.1 Å². The Morgan fingerprint density at radius 1 is 1.43 bits per heavy atom. The molecule has 116 valence electrons. The van der Waals surface area contributed by atoms with E-state index < -0.39 is 10.0 Å². The first-order valence-electron chi connectivity index (χ1n) is 6.90. The van der Waals surface area contributed by atoms with Gasteiger partial charge in [-0.05, 0) is 37.0 Å². The molecule has 1 aliphatic rings. The Kier molecular flexibility index (Phi) is 4.65. The maximum absolute atomic E-state index is 12.6. The average molecular weight is 311 g/mol. The van der Waals surface area contributed by atoms with E-state index in [1.54, 1.807) is 25.1 Å². The highest BCUT2D eigenvalue weighted by molar-refractivity contribution is 7.89. The van der Waals surface area contributed by atoms with Crippen molar-refractivity contribution in [1.82, 2.24) is 9.62 Å². The molecule has 0 bridgehead atoms. The maximum atomic E-state index is 12.6. The topological polar surface area (TPSA) is 92.5 Å². The molecule has 1 aromatic rings. The molecule has 0 heterocycles. The molecule has 0 aliphatic heterocycles. The van der Waals surface area contributed by atoms with Gasteiger partial charge in [-0.25, -0.2) is 8.42 Å². The summed E-state index contributed by atoms with van der Waals surface area (Å²) in [6.07, 6.45) is 1.94. The number of amides is 1. The standard InChI is InChI=1S/C14H21N3O3S/c1-10-3-4-11(8-15)7-13(10)21(19,20)17(2)9-14(18)16-12-5-6-12/h3-4,7,12H,5-6,8-9,15H2,1-2H3,(H,16,18). The smallest absolute Gasteiger partial charge is 0.243 e. The molecule has 0 radical (unpaired) electrons. The lowest BCUT2D eigenvalue weighted by atomic mass is 10.1. The molecule has 2 rings (SSSR count). The number of likely N-dealkylation sites (N-methyl/N-ethyl adjacent to an activating group) is 1. The summed E-state index contributed by atoms with van der Waals surface area (Å²) in [6, 6.07) is 5.32. The minimum Gasteiger partial charge on any atom is -0.352 e. The number of nitrogens with zero attached hydrogens (tertiary/aromatic N) is 1. The highest BCUT2D eigenvalue weighted by Gasteiger charge is 2.28. The Hall–Kier alpha value is -1.44. The number of nitrogens with one attached hydrogen (secondary N) is 1. The van der Waals surface area contributed by atoms with Gasteiger partial charge in [-0.3, -0.25) is 4.79 Å². The molecular formula is C14H21N3O3S. The molecule has 1 aliphatic carbocycles. The van der Waals surface area contributed by atoms with E-state index in [-0.39, 0.29) is 29.9 Å². The van der Waals surface area contributed by atoms with Crippen LogP contribution in [0.2, 0.25) is 0 Å². The lowest BCUT2D eigenvalue weighted by molar-refractivity contribution is -0.121. The third-order valence-electron chi connectivity index (χ3n) is 3.49. The van der Waals surface area contributed by atoms with E-state index in [0.29, 0.717) is 5.56 Å². The summed E-state index contributed by atoms with van der Waals surface area (Å²) in [4.78, 5) is 12.0. The summed E-state index contributed by atoms with van der Waals surface area (Å²) in [5.74, 6) is -0.267. The molecule has 0 atom stereocenters. The van der Waals surface area contributed by atoms with E-state index in [1.807, 2.05) is 0 Å². The zero-order chi connectivity index (χ0) is 15.6. The lowest BCUT2D eigenvalue weighted by Gasteiger charge is -2.18. The minimum absolute atomic E-state index is 0.175. The van der Waals surface area contributed by atoms with Crippen molar-refractivity contribution in [1.29, 1.82) is 0 Å². The molecule has 1 aromatic carbocycles. The van der Waals surface area contributed by atoms with Crippen molar-refractivity contribution < 1.29 is 13.2 Å². The summed E-state index contributed by atoms with van der Waals surface area (Å²) in [5, 5.41) is 2.78. The van der Waals surface area contributed by atoms with Gasteiger partial charge >= 0.3 is 0 Å². The summed E-state index contributed by atoms with van der Waals surface area (Å²) >= 11 is 0. The molecule has 7 heteroatoms. The van der Waals surface area contributed by atoms with Gasteiger partial charge in [0.15, 0.2) is 0 Å². The van der Waals surface area contributed by atoms with Gasteiger partial charge in [0, 0.05) is 19.6 Å². The van der Waals surface area contributed by atoms with Gasteiger partial charge in [0.25, 0.3) is 0 Å². The molecule has 0 unspecified atom stereocenters. The van der Waals surface area contributed by atoms with E-state index in [9.17, 15) is 13.2 Å². The van der Waals surface area contributed by atoms with Gasteiger partial charge in [0.05, 0.1) is 11.4 Å². The van der Waals surface area contributed by atoms with Crippen LogP contribution in [0.25, 0.3) is 0 Å². The zero-order valence-corrected chi connectivity index (χ0v) is 13.1. The monoisotopic (exact) mass is 311 g/mol. The third-order valence-corrected chi connectivity index (χ3v) is 5.43. The molecule has 0 spiro atoms. The first-order valence-corrected chi connectivity index (χ1v) is 8.34. The highest BCUT2D eigenvalue weighted by Crippen LogP contribution is 2.21. The lowest BCUT2D eigenvalue weighted by Crippen LogP contribution is -2.39. The highest BCUT2D eigenvalue weighted by atomic mass is 32.2. The van der Waals surface area contributed by atoms with E-state index in [4.69, 9.17) is 5.73 Å². The summed E-state index contributed by atoms with van der Waals surface area (Å²) in [5.41, 5.74) is 6.94. The molecule has 21 heavy (non-hydrogen) atoms. The summed E-state index contributed by atoms with van der Waals surface area (Å²) in [6.45, 7) is 1.82. The fraction of sp³-hybridized carbons (Fsp3) is 0.500. The predicted molar refractivity (Wildman–Crippen MR) is 80.1 cm³/mol. The van der Waals surface area contributed by atoms with E-state index in [0.717, 1.165) is 22.7 Å². The Morgan fingerprint density at radius 3 is 2.67 bits per heavy atom. The molecule has 6 nitrogen and oxygen atoms in total. The number of carbonyl (C=O) groups excluding carboxylic acids is 1. The second-order valence-electron chi connectivity index (χ2n) is 5.41. The van der Waals surface area contributed by atoms with Crippen LogP contribution in [-0.4, -0.2) is 38.3 Å². The summed E-state index contributed by atoms with van der Waals surface area (Å²) in [7, 11) is -2.28. The van der Waals surface area contributed by atoms with Crippen molar-refractivity contribution in [3.63, 3.8) is 0 Å². The SMILES string of the molecule is Cc1ccc(CN)cc1S(=O)(=O)N(C)CC(=O)NC1CC1. The fourth-order valence-electron chi connectivity index (χ4n) is 2.01. The van der Waals surface area contributed by atoms with Crippen LogP contribution in [-0.2, 0) is 21.4 Å². The molecule has 1 saturated carbocycles. The second-order valence-corrected chi connectivity index (χ2v) is 7.42. The second kappa shape index (κ2) is 6.13. The van der Waals surface area contributed by atoms with Crippen LogP contribution in [0.1, 0.15) is 24.0 Å². The number of benzene rings is 1. The van der Waals surface area contributed by atoms with Gasteiger partial charge in [-0.15, -0.1) is 0 Å². The molecule has 3 N–H and O–H groups in total. The van der Waals surface area contributed by atoms with Crippen LogP contribution in [0, 0.1) is 6.92 Å². The van der Waals surface area contributed by atoms with Crippen molar-refractivity contribution in [2.24, 2.45) is 5.73 Å². The van der Waals surface area contributed by atoms with Gasteiger partial charge in [-0.1, -0.05) is 12.1 Å². The third kappa shape index (κ3) is 3.81. The van der Waals surface area contributed by atoms with Gasteiger partial charge in [0.1, 0.15) is 0 Å². The van der Waals surface area contributed by atoms with E-state index in [2.05, 4.69) is 5.32 Å². The van der Waals surface area contributed by atoms with Crippen molar-refractivity contribution in [3.05, 3.63) is 29.3 Å². The van der Waals surface area contributed by atoms with Crippen LogP contribution in [0.5, 0.6) is 0 Å². The number of aryl methyl sites for hydroxylation is 1. The van der Waals surface area contributed by atoms with Crippen molar-refractivity contribution in [2.75, 3.05) is 13.6 Å². The van der Waals surface area contributed by atoms with Crippen LogP contribution in [0.15, 0.2) is 23.1 Å². The van der Waals surface area contributed by atoms with Crippen LogP contribution in [0.4, 0.5) is 0 Å². The van der Waals surface area contributed by atoms with Gasteiger partial charge in [0.2, 0.25) is 15.9 Å². The number of sulfonamides is 1. The summed E-state index contributed by atoms with van der Waals surface area (Å²) < 4.78 is 26.2. The first-order chi connectivity index (χ1) is 9.84. The molecular weight excluding hydrogens is 290 g/mol. The Bertz CT molecular complexity index is 639. The molecule has 1 fully saturated rings. The molecule has 0 saturated heterocycles. The fourth-order valence-corrected chi connectivity index (χ4v) is 3.40. The van der Waals surface area contributed by atoms with E-state index in [1.165, 1.54) is 7.05 Å². The number of carbonyl (C=O) groups is 1.